The van der Waals surface area contributed by atoms with Gasteiger partial charge in [0.25, 0.3) is 11.1 Å². The minimum atomic E-state index is -0.384. The molecule has 2 fully saturated rings. The molecule has 8 nitrogen and oxygen atoms in total. The van der Waals surface area contributed by atoms with E-state index in [9.17, 15) is 9.59 Å². The molecule has 2 heterocycles. The molecule has 1 aliphatic heterocycles. The molecule has 186 valence electrons. The summed E-state index contributed by atoms with van der Waals surface area (Å²) in [6.45, 7) is 0.852. The van der Waals surface area contributed by atoms with Crippen molar-refractivity contribution >= 4 is 51.4 Å². The second-order valence-electron chi connectivity index (χ2n) is 9.41. The molecule has 5 rings (SSSR count). The highest BCUT2D eigenvalue weighted by atomic mass is 32.2. The number of fused-ring (bicyclic) bond motifs is 1. The zero-order valence-corrected chi connectivity index (χ0v) is 21.3. The maximum atomic E-state index is 11.8. The molecule has 1 aromatic heterocycles. The normalized spacial score (nSPS) is 21.1. The fourth-order valence-corrected chi connectivity index (χ4v) is 5.51. The van der Waals surface area contributed by atoms with Gasteiger partial charge in [-0.05, 0) is 66.6 Å². The Morgan fingerprint density at radius 2 is 1.78 bits per heavy atom. The number of carbonyl (C=O) groups excluding carboxylic acids is 2. The van der Waals surface area contributed by atoms with Crippen LogP contribution in [0.3, 0.4) is 0 Å². The molecule has 1 saturated carbocycles. The van der Waals surface area contributed by atoms with Crippen LogP contribution >= 0.6 is 11.8 Å². The number of amides is 2. The molecule has 0 atom stereocenters. The lowest BCUT2D eigenvalue weighted by Gasteiger charge is -2.30. The number of hydrogen-bond donors (Lipinski definition) is 3. The van der Waals surface area contributed by atoms with Gasteiger partial charge in [0, 0.05) is 50.0 Å². The van der Waals surface area contributed by atoms with Crippen molar-refractivity contribution in [1.29, 1.82) is 0 Å². The fourth-order valence-electron chi connectivity index (χ4n) is 4.85. The quantitative estimate of drug-likeness (QED) is 0.405. The van der Waals surface area contributed by atoms with Crippen molar-refractivity contribution in [2.75, 3.05) is 24.3 Å². The van der Waals surface area contributed by atoms with Gasteiger partial charge in [-0.2, -0.15) is 0 Å². The monoisotopic (exact) mass is 502 g/mol. The van der Waals surface area contributed by atoms with E-state index >= 15 is 0 Å². The molecule has 0 unspecified atom stereocenters. The van der Waals surface area contributed by atoms with Crippen LogP contribution < -0.4 is 20.9 Å². The summed E-state index contributed by atoms with van der Waals surface area (Å²) in [6.07, 6.45) is 7.49. The van der Waals surface area contributed by atoms with Crippen molar-refractivity contribution in [3.8, 4) is 0 Å². The number of thioether (sulfide) groups is 1. The van der Waals surface area contributed by atoms with Crippen molar-refractivity contribution < 1.29 is 9.59 Å². The number of benzene rings is 2. The Labute approximate surface area is 215 Å². The van der Waals surface area contributed by atoms with Crippen LogP contribution in [0.1, 0.15) is 36.9 Å². The first-order valence-corrected chi connectivity index (χ1v) is 13.0. The predicted octanol–water partition coefficient (Wildman–Crippen LogP) is 4.53. The molecular formula is C27H30N6O2S. The van der Waals surface area contributed by atoms with Crippen LogP contribution in [-0.2, 0) is 11.3 Å². The Morgan fingerprint density at radius 1 is 1.03 bits per heavy atom. The molecule has 0 radical (unpaired) electrons. The van der Waals surface area contributed by atoms with Crippen LogP contribution in [0, 0.1) is 0 Å². The molecule has 2 aliphatic rings. The largest absolute Gasteiger partial charge is 0.377 e. The Morgan fingerprint density at radius 3 is 2.50 bits per heavy atom. The average molecular weight is 503 g/mol. The van der Waals surface area contributed by atoms with Crippen LogP contribution in [0.25, 0.3) is 16.8 Å². The van der Waals surface area contributed by atoms with E-state index in [-0.39, 0.29) is 11.1 Å². The van der Waals surface area contributed by atoms with E-state index in [1.165, 1.54) is 22.0 Å². The Kier molecular flexibility index (Phi) is 7.20. The van der Waals surface area contributed by atoms with Gasteiger partial charge in [0.15, 0.2) is 0 Å². The molecule has 0 bridgehead atoms. The number of aromatic nitrogens is 2. The van der Waals surface area contributed by atoms with Crippen molar-refractivity contribution in [2.45, 2.75) is 44.3 Å². The van der Waals surface area contributed by atoms with Gasteiger partial charge in [0.05, 0.1) is 10.6 Å². The number of imide groups is 1. The van der Waals surface area contributed by atoms with Gasteiger partial charge < -0.3 is 15.5 Å². The van der Waals surface area contributed by atoms with Crippen LogP contribution in [0.5, 0.6) is 0 Å². The molecule has 3 aromatic rings. The van der Waals surface area contributed by atoms with E-state index in [0.717, 1.165) is 44.0 Å². The smallest absolute Gasteiger partial charge is 0.290 e. The summed E-state index contributed by atoms with van der Waals surface area (Å²) in [5, 5.41) is 11.7. The van der Waals surface area contributed by atoms with Gasteiger partial charge in [-0.15, -0.1) is 0 Å². The molecule has 3 N–H and O–H groups in total. The Hall–Kier alpha value is -3.43. The van der Waals surface area contributed by atoms with E-state index in [4.69, 9.17) is 0 Å². The predicted molar refractivity (Wildman–Crippen MR) is 146 cm³/mol. The van der Waals surface area contributed by atoms with Crippen LogP contribution in [0.2, 0.25) is 0 Å². The SMILES string of the molecule is CN(C)c1ccc(CNC2CCC(Nc3nccc(C=C4SC(=O)NC4=O)n3)CC2)c2ccccc12. The summed E-state index contributed by atoms with van der Waals surface area (Å²) in [4.78, 5) is 34.5. The summed E-state index contributed by atoms with van der Waals surface area (Å²) < 4.78 is 0. The highest BCUT2D eigenvalue weighted by Crippen LogP contribution is 2.29. The number of nitrogens with zero attached hydrogens (tertiary/aromatic N) is 3. The standard InChI is InChI=1S/C27H30N6O2S/c1-33(2)23-12-7-17(21-5-3-4-6-22(21)23)16-29-18-8-10-19(11-9-18)30-26-28-14-13-20(31-26)15-24-25(34)32-27(35)36-24/h3-7,12-15,18-19,29H,8-11,16H2,1-2H3,(H,28,30,31)(H,32,34,35). The summed E-state index contributed by atoms with van der Waals surface area (Å²) in [6, 6.07) is 15.6. The summed E-state index contributed by atoms with van der Waals surface area (Å²) in [5.74, 6) is 0.161. The zero-order valence-electron chi connectivity index (χ0n) is 20.5. The van der Waals surface area contributed by atoms with Gasteiger partial charge in [0.2, 0.25) is 5.95 Å². The van der Waals surface area contributed by atoms with E-state index < -0.39 is 0 Å². The van der Waals surface area contributed by atoms with Gasteiger partial charge in [0.1, 0.15) is 0 Å². The Bertz CT molecular complexity index is 1320. The highest BCUT2D eigenvalue weighted by molar-refractivity contribution is 8.18. The number of carbonyl (C=O) groups is 2. The molecule has 9 heteroatoms. The first-order valence-electron chi connectivity index (χ1n) is 12.2. The average Bonchev–Trinajstić information content (AvgIpc) is 3.19. The second-order valence-corrected chi connectivity index (χ2v) is 10.4. The van der Waals surface area contributed by atoms with Crippen LogP contribution in [0.15, 0.2) is 53.6 Å². The molecule has 1 aliphatic carbocycles. The first-order chi connectivity index (χ1) is 17.5. The van der Waals surface area contributed by atoms with Gasteiger partial charge >= 0.3 is 0 Å². The molecule has 0 spiro atoms. The number of nitrogens with one attached hydrogen (secondary N) is 3. The molecule has 2 amide bonds. The van der Waals surface area contributed by atoms with E-state index in [2.05, 4.69) is 81.3 Å². The molecular weight excluding hydrogens is 472 g/mol. The van der Waals surface area contributed by atoms with Gasteiger partial charge in [-0.3, -0.25) is 14.9 Å². The minimum Gasteiger partial charge on any atom is -0.377 e. The summed E-state index contributed by atoms with van der Waals surface area (Å²) in [7, 11) is 4.17. The number of hydrogen-bond acceptors (Lipinski definition) is 8. The van der Waals surface area contributed by atoms with Crippen LogP contribution in [0.4, 0.5) is 16.4 Å². The van der Waals surface area contributed by atoms with E-state index in [1.54, 1.807) is 18.3 Å². The lowest BCUT2D eigenvalue weighted by molar-refractivity contribution is -0.115. The zero-order chi connectivity index (χ0) is 25.1. The lowest BCUT2D eigenvalue weighted by atomic mass is 9.91. The van der Waals surface area contributed by atoms with Crippen molar-refractivity contribution in [3.05, 3.63) is 64.8 Å². The van der Waals surface area contributed by atoms with Crippen molar-refractivity contribution in [3.63, 3.8) is 0 Å². The van der Waals surface area contributed by atoms with E-state index in [0.29, 0.717) is 28.6 Å². The summed E-state index contributed by atoms with van der Waals surface area (Å²) in [5.41, 5.74) is 3.16. The third kappa shape index (κ3) is 5.52. The third-order valence-electron chi connectivity index (χ3n) is 6.71. The maximum absolute atomic E-state index is 11.8. The third-order valence-corrected chi connectivity index (χ3v) is 7.52. The molecule has 2 aromatic carbocycles. The fraction of sp³-hybridized carbons (Fsp3) is 0.333. The second kappa shape index (κ2) is 10.7. The topological polar surface area (TPSA) is 99.2 Å². The number of anilines is 2. The first kappa shape index (κ1) is 24.3. The maximum Gasteiger partial charge on any atom is 0.290 e. The van der Waals surface area contributed by atoms with Crippen molar-refractivity contribution in [2.24, 2.45) is 0 Å². The van der Waals surface area contributed by atoms with Gasteiger partial charge in [-0.1, -0.05) is 30.3 Å². The molecule has 36 heavy (non-hydrogen) atoms. The minimum absolute atomic E-state index is 0.303. The summed E-state index contributed by atoms with van der Waals surface area (Å²) >= 11 is 0.887. The van der Waals surface area contributed by atoms with Gasteiger partial charge in [-0.25, -0.2) is 9.97 Å². The number of rotatable bonds is 7. The Balaban J connectivity index is 1.15. The molecule has 1 saturated heterocycles. The van der Waals surface area contributed by atoms with E-state index in [1.807, 2.05) is 0 Å². The lowest BCUT2D eigenvalue weighted by Crippen LogP contribution is -2.37. The van der Waals surface area contributed by atoms with Crippen LogP contribution in [-0.4, -0.2) is 47.3 Å². The van der Waals surface area contributed by atoms with Crippen molar-refractivity contribution in [1.82, 2.24) is 20.6 Å². The highest BCUT2D eigenvalue weighted by Gasteiger charge is 2.25.